The number of rotatable bonds is 11. The number of phenols is 2. The Morgan fingerprint density at radius 1 is 0.696 bits per heavy atom. The van der Waals surface area contributed by atoms with Crippen molar-refractivity contribution in [2.75, 3.05) is 6.61 Å². The van der Waals surface area contributed by atoms with Crippen LogP contribution in [0.15, 0.2) is 51.9 Å². The smallest absolute Gasteiger partial charge is 0.200 e. The molecule has 2 aromatic carbocycles. The molecule has 0 aliphatic carbocycles. The molecular weight excluding hydrogens is 653 g/mol. The molecule has 0 amide bonds. The van der Waals surface area contributed by atoms with Crippen LogP contribution in [0.25, 0.3) is 22.1 Å². The van der Waals surface area contributed by atoms with E-state index in [1.807, 2.05) is 0 Å². The summed E-state index contributed by atoms with van der Waals surface area (Å²) < 4.78 is 40.4. The molecule has 3 aromatic rings. The van der Waals surface area contributed by atoms with Gasteiger partial charge in [0.05, 0.1) is 23.1 Å². The first-order chi connectivity index (χ1) is 21.0. The number of ether oxygens (including phenoxy) is 1. The number of hydrogen-bond donors (Lipinski definition) is 2. The molecule has 0 saturated carbocycles. The van der Waals surface area contributed by atoms with Crippen molar-refractivity contribution in [3.8, 4) is 22.6 Å². The van der Waals surface area contributed by atoms with Gasteiger partial charge in [0.2, 0.25) is 5.43 Å². The summed E-state index contributed by atoms with van der Waals surface area (Å²) in [6.07, 6.45) is -1.66. The van der Waals surface area contributed by atoms with Crippen LogP contribution in [-0.4, -0.2) is 74.5 Å². The van der Waals surface area contributed by atoms with E-state index in [-0.39, 0.29) is 29.1 Å². The van der Waals surface area contributed by atoms with Gasteiger partial charge in [0.15, 0.2) is 33.3 Å². The van der Waals surface area contributed by atoms with Gasteiger partial charge in [-0.05, 0) is 108 Å². The quantitative estimate of drug-likeness (QED) is 0.193. The summed E-state index contributed by atoms with van der Waals surface area (Å²) in [5.74, 6) is 0.0339. The van der Waals surface area contributed by atoms with Crippen LogP contribution in [0.5, 0.6) is 11.5 Å². The molecule has 0 radical (unpaired) electrons. The first kappa shape index (κ1) is 36.7. The van der Waals surface area contributed by atoms with Gasteiger partial charge in [0.1, 0.15) is 53.9 Å². The molecule has 2 heterocycles. The lowest BCUT2D eigenvalue weighted by atomic mass is 9.89. The standard InChI is InChI=1S/C33H52O9Si4/c1-43(2,3)38-20-26-30(40-44(4,5)6)32(41-45(7,8)9)33(42-46(10,11)12)31(39-26)27-25(35)18-17-23-28(36)24(19-37-29(23)27)21-13-15-22(34)16-14-21/h13-19,26,30-35H,20H2,1-12H3/t26-,30-,31+,32+,33+/m1/s1. The summed E-state index contributed by atoms with van der Waals surface area (Å²) in [5.41, 5.74) is 1.25. The molecule has 1 aliphatic rings. The van der Waals surface area contributed by atoms with Gasteiger partial charge in [0.25, 0.3) is 0 Å². The van der Waals surface area contributed by atoms with E-state index in [9.17, 15) is 15.0 Å². The van der Waals surface area contributed by atoms with Crippen molar-refractivity contribution in [1.82, 2.24) is 0 Å². The Morgan fingerprint density at radius 3 is 1.78 bits per heavy atom. The fourth-order valence-electron chi connectivity index (χ4n) is 5.57. The molecule has 46 heavy (non-hydrogen) atoms. The summed E-state index contributed by atoms with van der Waals surface area (Å²) in [5, 5.41) is 21.6. The highest BCUT2D eigenvalue weighted by Crippen LogP contribution is 2.45. The van der Waals surface area contributed by atoms with Gasteiger partial charge in [0, 0.05) is 0 Å². The van der Waals surface area contributed by atoms with E-state index in [1.165, 1.54) is 24.5 Å². The van der Waals surface area contributed by atoms with Gasteiger partial charge in [-0.25, -0.2) is 0 Å². The number of phenolic OH excluding ortho intramolecular Hbond substituents is 2. The molecule has 0 spiro atoms. The maximum atomic E-state index is 13.9. The van der Waals surface area contributed by atoms with Crippen LogP contribution in [0.1, 0.15) is 11.7 Å². The maximum absolute atomic E-state index is 13.9. The molecule has 1 aliphatic heterocycles. The zero-order chi connectivity index (χ0) is 34.4. The molecule has 13 heteroatoms. The van der Waals surface area contributed by atoms with Crippen molar-refractivity contribution in [3.63, 3.8) is 0 Å². The molecule has 9 nitrogen and oxygen atoms in total. The van der Waals surface area contributed by atoms with E-state index in [4.69, 9.17) is 26.9 Å². The first-order valence-electron chi connectivity index (χ1n) is 15.9. The van der Waals surface area contributed by atoms with Gasteiger partial charge in [-0.2, -0.15) is 0 Å². The SMILES string of the molecule is C[Si](C)(C)OC[C@H]1O[C@@H](c2c(O)ccc3c(=O)c(-c4ccc(O)cc4)coc23)[C@H](O[Si](C)(C)C)[C@@H](O[Si](C)(C)C)[C@@H]1O[Si](C)(C)C. The zero-order valence-corrected chi connectivity index (χ0v) is 33.4. The van der Waals surface area contributed by atoms with E-state index >= 15 is 0 Å². The van der Waals surface area contributed by atoms with Crippen molar-refractivity contribution in [1.29, 1.82) is 0 Å². The van der Waals surface area contributed by atoms with Crippen molar-refractivity contribution >= 4 is 44.2 Å². The lowest BCUT2D eigenvalue weighted by molar-refractivity contribution is -0.216. The lowest BCUT2D eigenvalue weighted by Crippen LogP contribution is -2.63. The number of benzene rings is 2. The predicted octanol–water partition coefficient (Wildman–Crippen LogP) is 7.82. The minimum Gasteiger partial charge on any atom is -0.508 e. The Bertz CT molecular complexity index is 1560. The van der Waals surface area contributed by atoms with Crippen LogP contribution in [0.4, 0.5) is 0 Å². The maximum Gasteiger partial charge on any atom is 0.200 e. The molecule has 2 N–H and O–H groups in total. The van der Waals surface area contributed by atoms with E-state index in [1.54, 1.807) is 18.2 Å². The Labute approximate surface area is 277 Å². The number of hydrogen-bond acceptors (Lipinski definition) is 9. The Morgan fingerprint density at radius 2 is 1.24 bits per heavy atom. The second-order valence-electron chi connectivity index (χ2n) is 16.0. The Hall–Kier alpha value is -2.08. The third kappa shape index (κ3) is 9.29. The van der Waals surface area contributed by atoms with Gasteiger partial charge in [-0.15, -0.1) is 0 Å². The lowest BCUT2D eigenvalue weighted by Gasteiger charge is -2.51. The third-order valence-corrected chi connectivity index (χ3v) is 11.2. The van der Waals surface area contributed by atoms with Crippen molar-refractivity contribution in [3.05, 3.63) is 58.4 Å². The normalized spacial score (nSPS) is 23.2. The van der Waals surface area contributed by atoms with E-state index in [0.29, 0.717) is 22.1 Å². The Balaban J connectivity index is 1.96. The second kappa shape index (κ2) is 13.4. The molecule has 5 atom stereocenters. The van der Waals surface area contributed by atoms with Crippen LogP contribution in [0.3, 0.4) is 0 Å². The van der Waals surface area contributed by atoms with Crippen molar-refractivity contribution in [2.24, 2.45) is 0 Å². The fourth-order valence-corrected chi connectivity index (χ4v) is 9.50. The summed E-state index contributed by atoms with van der Waals surface area (Å²) in [6.45, 7) is 25.9. The molecular formula is C33H52O9Si4. The first-order valence-corrected chi connectivity index (χ1v) is 29.6. The second-order valence-corrected chi connectivity index (χ2v) is 33.9. The summed E-state index contributed by atoms with van der Waals surface area (Å²) in [6, 6.07) is 9.45. The van der Waals surface area contributed by atoms with Crippen LogP contribution in [0.2, 0.25) is 78.6 Å². The third-order valence-electron chi connectivity index (χ3n) is 7.20. The van der Waals surface area contributed by atoms with Crippen LogP contribution >= 0.6 is 0 Å². The van der Waals surface area contributed by atoms with Gasteiger partial charge >= 0.3 is 0 Å². The molecule has 1 fully saturated rings. The highest BCUT2D eigenvalue weighted by atomic mass is 28.4. The minimum absolute atomic E-state index is 0.0663. The van der Waals surface area contributed by atoms with Crippen LogP contribution in [-0.2, 0) is 22.4 Å². The van der Waals surface area contributed by atoms with Crippen molar-refractivity contribution in [2.45, 2.75) is 109 Å². The van der Waals surface area contributed by atoms with E-state index < -0.39 is 63.8 Å². The predicted molar refractivity (Wildman–Crippen MR) is 193 cm³/mol. The summed E-state index contributed by atoms with van der Waals surface area (Å²) in [7, 11) is -8.55. The average molecular weight is 705 g/mol. The average Bonchev–Trinajstić information content (AvgIpc) is 2.88. The monoisotopic (exact) mass is 704 g/mol. The molecule has 0 unspecified atom stereocenters. The van der Waals surface area contributed by atoms with Crippen LogP contribution < -0.4 is 5.43 Å². The van der Waals surface area contributed by atoms with Gasteiger partial charge < -0.3 is 37.1 Å². The molecule has 1 aromatic heterocycles. The van der Waals surface area contributed by atoms with Crippen LogP contribution in [0, 0.1) is 0 Å². The molecule has 0 bridgehead atoms. The van der Waals surface area contributed by atoms with Gasteiger partial charge in [-0.1, -0.05) is 12.1 Å². The van der Waals surface area contributed by atoms with E-state index in [2.05, 4.69) is 78.6 Å². The topological polar surface area (TPSA) is 117 Å². The molecule has 4 rings (SSSR count). The minimum atomic E-state index is -2.26. The molecule has 254 valence electrons. The molecule has 1 saturated heterocycles. The zero-order valence-electron chi connectivity index (χ0n) is 29.4. The number of aromatic hydroxyl groups is 2. The fraction of sp³-hybridized carbons (Fsp3) is 0.545. The summed E-state index contributed by atoms with van der Waals surface area (Å²) in [4.78, 5) is 13.9. The Kier molecular flexibility index (Phi) is 10.7. The van der Waals surface area contributed by atoms with Crippen molar-refractivity contribution < 1.29 is 37.1 Å². The van der Waals surface area contributed by atoms with E-state index in [0.717, 1.165) is 0 Å². The van der Waals surface area contributed by atoms with Gasteiger partial charge in [-0.3, -0.25) is 4.79 Å². The number of fused-ring (bicyclic) bond motifs is 1. The summed E-state index contributed by atoms with van der Waals surface area (Å²) >= 11 is 0. The highest BCUT2D eigenvalue weighted by molar-refractivity contribution is 6.71. The largest absolute Gasteiger partial charge is 0.508 e. The highest BCUT2D eigenvalue weighted by Gasteiger charge is 2.53.